The van der Waals surface area contributed by atoms with E-state index >= 15 is 0 Å². The first kappa shape index (κ1) is 23.5. The fourth-order valence-corrected chi connectivity index (χ4v) is 3.45. The number of aliphatic imine (C=N–C) groups is 1. The van der Waals surface area contributed by atoms with Gasteiger partial charge < -0.3 is 21.7 Å². The SMILES string of the molecule is CN=C(NCc1ccc(C(=O)NCC(N)=O)cc1)NCC(c1ccccc1)c1ccccc1. The Morgan fingerprint density at radius 3 is 1.91 bits per heavy atom. The molecule has 2 amide bonds. The van der Waals surface area contributed by atoms with Crippen LogP contribution in [-0.2, 0) is 11.3 Å². The number of guanidine groups is 1. The first-order chi connectivity index (χ1) is 16.1. The Morgan fingerprint density at radius 2 is 1.39 bits per heavy atom. The molecule has 0 saturated heterocycles. The number of hydrogen-bond donors (Lipinski definition) is 4. The molecule has 3 rings (SSSR count). The molecule has 3 aromatic rings. The van der Waals surface area contributed by atoms with Crippen LogP contribution in [0.25, 0.3) is 0 Å². The van der Waals surface area contributed by atoms with E-state index < -0.39 is 5.91 Å². The summed E-state index contributed by atoms with van der Waals surface area (Å²) in [5.41, 5.74) is 8.98. The van der Waals surface area contributed by atoms with Crippen molar-refractivity contribution in [2.45, 2.75) is 12.5 Å². The lowest BCUT2D eigenvalue weighted by atomic mass is 9.91. The van der Waals surface area contributed by atoms with E-state index in [4.69, 9.17) is 5.73 Å². The first-order valence-corrected chi connectivity index (χ1v) is 10.8. The van der Waals surface area contributed by atoms with Gasteiger partial charge in [-0.15, -0.1) is 0 Å². The quantitative estimate of drug-likeness (QED) is 0.301. The van der Waals surface area contributed by atoms with Crippen LogP contribution < -0.4 is 21.7 Å². The molecule has 3 aromatic carbocycles. The van der Waals surface area contributed by atoms with Crippen molar-refractivity contribution in [2.24, 2.45) is 10.7 Å². The van der Waals surface area contributed by atoms with Crippen molar-refractivity contribution in [1.82, 2.24) is 16.0 Å². The van der Waals surface area contributed by atoms with E-state index in [1.165, 1.54) is 11.1 Å². The van der Waals surface area contributed by atoms with Crippen LogP contribution in [0.5, 0.6) is 0 Å². The summed E-state index contributed by atoms with van der Waals surface area (Å²) in [7, 11) is 1.74. The molecule has 0 bridgehead atoms. The molecule has 0 atom stereocenters. The van der Waals surface area contributed by atoms with Crippen LogP contribution in [0.15, 0.2) is 89.9 Å². The Balaban J connectivity index is 1.57. The third-order valence-corrected chi connectivity index (χ3v) is 5.20. The molecule has 33 heavy (non-hydrogen) atoms. The number of nitrogens with zero attached hydrogens (tertiary/aromatic N) is 1. The fourth-order valence-electron chi connectivity index (χ4n) is 3.45. The minimum atomic E-state index is -0.579. The van der Waals surface area contributed by atoms with Gasteiger partial charge in [-0.1, -0.05) is 72.8 Å². The molecule has 0 aliphatic rings. The number of benzene rings is 3. The lowest BCUT2D eigenvalue weighted by Gasteiger charge is -2.20. The van der Waals surface area contributed by atoms with Gasteiger partial charge in [0.25, 0.3) is 5.91 Å². The molecule has 0 unspecified atom stereocenters. The van der Waals surface area contributed by atoms with Crippen molar-refractivity contribution < 1.29 is 9.59 Å². The number of hydrogen-bond acceptors (Lipinski definition) is 3. The van der Waals surface area contributed by atoms with Crippen LogP contribution >= 0.6 is 0 Å². The van der Waals surface area contributed by atoms with Gasteiger partial charge in [-0.3, -0.25) is 14.6 Å². The molecule has 0 fully saturated rings. The molecule has 0 radical (unpaired) electrons. The highest BCUT2D eigenvalue weighted by molar-refractivity contribution is 5.96. The average molecular weight is 444 g/mol. The van der Waals surface area contributed by atoms with Gasteiger partial charge in [0, 0.05) is 31.6 Å². The van der Waals surface area contributed by atoms with E-state index in [1.807, 2.05) is 24.3 Å². The third kappa shape index (κ3) is 7.21. The highest BCUT2D eigenvalue weighted by Gasteiger charge is 2.14. The summed E-state index contributed by atoms with van der Waals surface area (Å²) in [4.78, 5) is 27.1. The van der Waals surface area contributed by atoms with Crippen LogP contribution in [-0.4, -0.2) is 37.9 Å². The summed E-state index contributed by atoms with van der Waals surface area (Å²) < 4.78 is 0. The Bertz CT molecular complexity index is 1030. The summed E-state index contributed by atoms with van der Waals surface area (Å²) in [5.74, 6) is -0.0391. The van der Waals surface area contributed by atoms with E-state index in [0.717, 1.165) is 5.56 Å². The third-order valence-electron chi connectivity index (χ3n) is 5.20. The van der Waals surface area contributed by atoms with Crippen LogP contribution in [0.3, 0.4) is 0 Å². The molecule has 7 nitrogen and oxygen atoms in total. The number of rotatable bonds is 9. The van der Waals surface area contributed by atoms with Gasteiger partial charge in [0.05, 0.1) is 6.54 Å². The van der Waals surface area contributed by atoms with E-state index in [0.29, 0.717) is 24.6 Å². The fraction of sp³-hybridized carbons (Fsp3) is 0.192. The molecular formula is C26H29N5O2. The zero-order chi connectivity index (χ0) is 23.5. The normalized spacial score (nSPS) is 11.2. The van der Waals surface area contributed by atoms with Crippen LogP contribution in [0, 0.1) is 0 Å². The van der Waals surface area contributed by atoms with Crippen LogP contribution in [0.4, 0.5) is 0 Å². The largest absolute Gasteiger partial charge is 0.368 e. The molecule has 0 spiro atoms. The summed E-state index contributed by atoms with van der Waals surface area (Å²) in [5, 5.41) is 9.21. The Morgan fingerprint density at radius 1 is 0.818 bits per heavy atom. The van der Waals surface area contributed by atoms with Gasteiger partial charge in [0.1, 0.15) is 0 Å². The number of amides is 2. The van der Waals surface area contributed by atoms with Gasteiger partial charge >= 0.3 is 0 Å². The highest BCUT2D eigenvalue weighted by atomic mass is 16.2. The van der Waals surface area contributed by atoms with E-state index in [1.54, 1.807) is 19.2 Å². The number of primary amides is 1. The van der Waals surface area contributed by atoms with Gasteiger partial charge in [0.2, 0.25) is 5.91 Å². The predicted octanol–water partition coefficient (Wildman–Crippen LogP) is 2.40. The predicted molar refractivity (Wildman–Crippen MR) is 131 cm³/mol. The van der Waals surface area contributed by atoms with E-state index in [-0.39, 0.29) is 18.4 Å². The standard InChI is InChI=1S/C26H29N5O2/c1-28-26(30-16-19-12-14-22(15-13-19)25(33)29-18-24(27)32)31-17-23(20-8-4-2-5-9-20)21-10-6-3-7-11-21/h2-15,23H,16-18H2,1H3,(H2,27,32)(H,29,33)(H2,28,30,31). The minimum Gasteiger partial charge on any atom is -0.368 e. The number of nitrogens with one attached hydrogen (secondary N) is 3. The second-order valence-electron chi connectivity index (χ2n) is 7.53. The maximum absolute atomic E-state index is 12.0. The van der Waals surface area contributed by atoms with E-state index in [2.05, 4.69) is 69.5 Å². The molecular weight excluding hydrogens is 414 g/mol. The first-order valence-electron chi connectivity index (χ1n) is 10.8. The van der Waals surface area contributed by atoms with Gasteiger partial charge in [-0.2, -0.15) is 0 Å². The molecule has 7 heteroatoms. The minimum absolute atomic E-state index is 0.183. The molecule has 0 aromatic heterocycles. The van der Waals surface area contributed by atoms with Crippen molar-refractivity contribution in [3.8, 4) is 0 Å². The number of carbonyl (C=O) groups excluding carboxylic acids is 2. The Kier molecular flexibility index (Phi) is 8.59. The van der Waals surface area contributed by atoms with Gasteiger partial charge in [-0.05, 0) is 28.8 Å². The van der Waals surface area contributed by atoms with E-state index in [9.17, 15) is 9.59 Å². The number of carbonyl (C=O) groups is 2. The lowest BCUT2D eigenvalue weighted by Crippen LogP contribution is -2.39. The van der Waals surface area contributed by atoms with Crippen LogP contribution in [0.2, 0.25) is 0 Å². The summed E-state index contributed by atoms with van der Waals surface area (Å²) in [6, 6.07) is 27.9. The summed E-state index contributed by atoms with van der Waals surface area (Å²) in [6.45, 7) is 1.05. The van der Waals surface area contributed by atoms with Crippen molar-refractivity contribution in [2.75, 3.05) is 20.1 Å². The monoisotopic (exact) mass is 443 g/mol. The molecule has 5 N–H and O–H groups in total. The van der Waals surface area contributed by atoms with Crippen molar-refractivity contribution in [3.05, 3.63) is 107 Å². The van der Waals surface area contributed by atoms with Gasteiger partial charge in [0.15, 0.2) is 5.96 Å². The smallest absolute Gasteiger partial charge is 0.251 e. The zero-order valence-electron chi connectivity index (χ0n) is 18.6. The van der Waals surface area contributed by atoms with Crippen molar-refractivity contribution in [1.29, 1.82) is 0 Å². The summed E-state index contributed by atoms with van der Waals surface area (Å²) in [6.07, 6.45) is 0. The lowest BCUT2D eigenvalue weighted by molar-refractivity contribution is -0.117. The Hall–Kier alpha value is -4.13. The van der Waals surface area contributed by atoms with Crippen LogP contribution in [0.1, 0.15) is 33.0 Å². The van der Waals surface area contributed by atoms with Crippen molar-refractivity contribution in [3.63, 3.8) is 0 Å². The number of nitrogens with two attached hydrogens (primary N) is 1. The van der Waals surface area contributed by atoms with Gasteiger partial charge in [-0.25, -0.2) is 0 Å². The molecule has 0 aliphatic heterocycles. The maximum atomic E-state index is 12.0. The summed E-state index contributed by atoms with van der Waals surface area (Å²) >= 11 is 0. The molecule has 0 aliphatic carbocycles. The molecule has 170 valence electrons. The Labute approximate surface area is 194 Å². The molecule has 0 saturated carbocycles. The topological polar surface area (TPSA) is 109 Å². The second kappa shape index (κ2) is 12.0. The maximum Gasteiger partial charge on any atom is 0.251 e. The average Bonchev–Trinajstić information content (AvgIpc) is 2.86. The molecule has 0 heterocycles. The second-order valence-corrected chi connectivity index (χ2v) is 7.53. The zero-order valence-corrected chi connectivity index (χ0v) is 18.6. The highest BCUT2D eigenvalue weighted by Crippen LogP contribution is 2.23. The van der Waals surface area contributed by atoms with Crippen molar-refractivity contribution >= 4 is 17.8 Å².